The largest absolute Gasteiger partial charge is 0.341 e. The van der Waals surface area contributed by atoms with Crippen LogP contribution in [0.3, 0.4) is 0 Å². The van der Waals surface area contributed by atoms with E-state index >= 15 is 0 Å². The third kappa shape index (κ3) is 4.61. The first-order valence-electron chi connectivity index (χ1n) is 9.17. The number of nitrogens with zero attached hydrogens (tertiary/aromatic N) is 1. The van der Waals surface area contributed by atoms with Gasteiger partial charge in [0.05, 0.1) is 4.90 Å². The summed E-state index contributed by atoms with van der Waals surface area (Å²) in [6.45, 7) is 0.988. The van der Waals surface area contributed by atoms with Gasteiger partial charge in [-0.1, -0.05) is 12.5 Å². The van der Waals surface area contributed by atoms with Crippen molar-refractivity contribution in [1.29, 1.82) is 0 Å². The number of nitrogens with two attached hydrogens (primary N) is 1. The van der Waals surface area contributed by atoms with Gasteiger partial charge in [0.2, 0.25) is 15.9 Å². The number of sulfonamides is 1. The number of amides is 1. The Kier molecular flexibility index (Phi) is 5.94. The summed E-state index contributed by atoms with van der Waals surface area (Å²) in [5.41, 5.74) is 5.99. The second-order valence-corrected chi connectivity index (χ2v) is 9.04. The van der Waals surface area contributed by atoms with Crippen LogP contribution in [0.4, 0.5) is 4.39 Å². The van der Waals surface area contributed by atoms with Crippen LogP contribution in [0.1, 0.15) is 38.5 Å². The smallest absolute Gasteiger partial charge is 0.240 e. The minimum atomic E-state index is -3.81. The summed E-state index contributed by atoms with van der Waals surface area (Å²) in [6.07, 6.45) is 4.86. The van der Waals surface area contributed by atoms with Crippen LogP contribution >= 0.6 is 0 Å². The van der Waals surface area contributed by atoms with Crippen LogP contribution in [0.2, 0.25) is 0 Å². The highest BCUT2D eigenvalue weighted by Gasteiger charge is 2.33. The Bertz CT molecular complexity index is 756. The quantitative estimate of drug-likeness (QED) is 0.826. The molecule has 3 atom stereocenters. The molecule has 0 aromatic heterocycles. The summed E-state index contributed by atoms with van der Waals surface area (Å²) in [5, 5.41) is 0. The maximum absolute atomic E-state index is 13.3. The first kappa shape index (κ1) is 19.3. The molecule has 2 aliphatic rings. The fraction of sp³-hybridized carbons (Fsp3) is 0.611. The molecule has 0 radical (unpaired) electrons. The molecule has 1 saturated carbocycles. The highest BCUT2D eigenvalue weighted by Crippen LogP contribution is 2.26. The van der Waals surface area contributed by atoms with E-state index in [0.717, 1.165) is 31.7 Å². The number of hydrogen-bond donors (Lipinski definition) is 2. The van der Waals surface area contributed by atoms with Gasteiger partial charge in [-0.3, -0.25) is 4.79 Å². The topological polar surface area (TPSA) is 92.5 Å². The third-order valence-corrected chi connectivity index (χ3v) is 6.74. The summed E-state index contributed by atoms with van der Waals surface area (Å²) < 4.78 is 40.9. The fourth-order valence-corrected chi connectivity index (χ4v) is 5.20. The molecule has 0 spiro atoms. The van der Waals surface area contributed by atoms with Gasteiger partial charge in [-0.25, -0.2) is 17.5 Å². The highest BCUT2D eigenvalue weighted by molar-refractivity contribution is 7.89. The van der Waals surface area contributed by atoms with E-state index in [4.69, 9.17) is 5.73 Å². The third-order valence-electron chi connectivity index (χ3n) is 5.23. The number of benzene rings is 1. The summed E-state index contributed by atoms with van der Waals surface area (Å²) >= 11 is 0. The van der Waals surface area contributed by atoms with E-state index in [2.05, 4.69) is 4.72 Å². The minimum absolute atomic E-state index is 0.0580. The maximum atomic E-state index is 13.3. The van der Waals surface area contributed by atoms with Gasteiger partial charge >= 0.3 is 0 Å². The molecular weight excluding hydrogens is 357 g/mol. The Morgan fingerprint density at radius 3 is 2.77 bits per heavy atom. The minimum Gasteiger partial charge on any atom is -0.341 e. The van der Waals surface area contributed by atoms with E-state index in [1.54, 1.807) is 4.90 Å². The summed E-state index contributed by atoms with van der Waals surface area (Å²) in [4.78, 5) is 14.4. The molecule has 1 aliphatic heterocycles. The number of rotatable bonds is 4. The Morgan fingerprint density at radius 2 is 2.04 bits per heavy atom. The average Bonchev–Trinajstić information content (AvgIpc) is 2.61. The normalized spacial score (nSPS) is 27.3. The van der Waals surface area contributed by atoms with Crippen molar-refractivity contribution in [3.63, 3.8) is 0 Å². The van der Waals surface area contributed by atoms with Crippen molar-refractivity contribution in [2.75, 3.05) is 13.1 Å². The molecule has 2 fully saturated rings. The number of likely N-dealkylation sites (tertiary alicyclic amines) is 1. The summed E-state index contributed by atoms with van der Waals surface area (Å²) in [7, 11) is -3.81. The fourth-order valence-electron chi connectivity index (χ4n) is 3.91. The predicted molar refractivity (Wildman–Crippen MR) is 96.3 cm³/mol. The molecule has 26 heavy (non-hydrogen) atoms. The van der Waals surface area contributed by atoms with Crippen molar-refractivity contribution in [1.82, 2.24) is 9.62 Å². The van der Waals surface area contributed by atoms with Crippen molar-refractivity contribution >= 4 is 15.9 Å². The molecule has 1 saturated heterocycles. The molecule has 3 rings (SSSR count). The van der Waals surface area contributed by atoms with E-state index in [-0.39, 0.29) is 28.8 Å². The molecule has 6 nitrogen and oxygen atoms in total. The molecule has 1 aliphatic carbocycles. The first-order valence-corrected chi connectivity index (χ1v) is 10.7. The standard InChI is InChI=1S/C18H26FN3O3S/c19-14-5-2-8-17(11-14)26(24,25)21-16-7-3-9-22(12-16)18(23)13-4-1-6-15(20)10-13/h2,5,8,11,13,15-16,21H,1,3-4,6-7,9-10,12,20H2. The van der Waals surface area contributed by atoms with Crippen LogP contribution in [0, 0.1) is 11.7 Å². The Labute approximate surface area is 154 Å². The molecule has 0 bridgehead atoms. The zero-order valence-electron chi connectivity index (χ0n) is 14.7. The van der Waals surface area contributed by atoms with Crippen LogP contribution in [-0.2, 0) is 14.8 Å². The van der Waals surface area contributed by atoms with E-state index in [9.17, 15) is 17.6 Å². The van der Waals surface area contributed by atoms with Gasteiger partial charge in [0.15, 0.2) is 0 Å². The summed E-state index contributed by atoms with van der Waals surface area (Å²) in [5.74, 6) is -0.575. The van der Waals surface area contributed by atoms with E-state index in [1.807, 2.05) is 0 Å². The van der Waals surface area contributed by atoms with Gasteiger partial charge in [-0.05, 0) is 50.3 Å². The Balaban J connectivity index is 1.64. The SMILES string of the molecule is NC1CCCC(C(=O)N2CCCC(NS(=O)(=O)c3cccc(F)c3)C2)C1. The monoisotopic (exact) mass is 383 g/mol. The zero-order chi connectivity index (χ0) is 18.7. The Hall–Kier alpha value is -1.51. The second kappa shape index (κ2) is 8.02. The van der Waals surface area contributed by atoms with Crippen LogP contribution < -0.4 is 10.5 Å². The highest BCUT2D eigenvalue weighted by atomic mass is 32.2. The molecule has 1 heterocycles. The number of carbonyl (C=O) groups is 1. The number of nitrogens with one attached hydrogen (secondary N) is 1. The van der Waals surface area contributed by atoms with Crippen molar-refractivity contribution in [3.8, 4) is 0 Å². The van der Waals surface area contributed by atoms with E-state index in [1.165, 1.54) is 18.2 Å². The van der Waals surface area contributed by atoms with Crippen molar-refractivity contribution < 1.29 is 17.6 Å². The molecular formula is C18H26FN3O3S. The zero-order valence-corrected chi connectivity index (χ0v) is 15.6. The molecule has 1 amide bonds. The number of halogens is 1. The van der Waals surface area contributed by atoms with Crippen molar-refractivity contribution in [3.05, 3.63) is 30.1 Å². The molecule has 1 aromatic carbocycles. The molecule has 3 N–H and O–H groups in total. The van der Waals surface area contributed by atoms with Gasteiger partial charge in [-0.15, -0.1) is 0 Å². The lowest BCUT2D eigenvalue weighted by molar-refractivity contribution is -0.138. The Morgan fingerprint density at radius 1 is 1.23 bits per heavy atom. The lowest BCUT2D eigenvalue weighted by Gasteiger charge is -2.36. The van der Waals surface area contributed by atoms with Crippen LogP contribution in [0.5, 0.6) is 0 Å². The van der Waals surface area contributed by atoms with Gasteiger partial charge in [-0.2, -0.15) is 0 Å². The predicted octanol–water partition coefficient (Wildman–Crippen LogP) is 1.61. The van der Waals surface area contributed by atoms with Gasteiger partial charge < -0.3 is 10.6 Å². The number of hydrogen-bond acceptors (Lipinski definition) is 4. The average molecular weight is 383 g/mol. The van der Waals surface area contributed by atoms with Crippen LogP contribution in [0.25, 0.3) is 0 Å². The van der Waals surface area contributed by atoms with Gasteiger partial charge in [0.25, 0.3) is 0 Å². The van der Waals surface area contributed by atoms with Gasteiger partial charge in [0, 0.05) is 31.1 Å². The number of carbonyl (C=O) groups excluding carboxylic acids is 1. The van der Waals surface area contributed by atoms with Crippen LogP contribution in [0.15, 0.2) is 29.2 Å². The molecule has 144 valence electrons. The first-order chi connectivity index (χ1) is 12.3. The summed E-state index contributed by atoms with van der Waals surface area (Å²) in [6, 6.07) is 4.64. The van der Waals surface area contributed by atoms with Crippen LogP contribution in [-0.4, -0.2) is 44.4 Å². The molecule has 1 aromatic rings. The number of piperidine rings is 1. The second-order valence-electron chi connectivity index (χ2n) is 7.33. The lowest BCUT2D eigenvalue weighted by atomic mass is 9.85. The molecule has 8 heteroatoms. The van der Waals surface area contributed by atoms with Gasteiger partial charge in [0.1, 0.15) is 5.82 Å². The maximum Gasteiger partial charge on any atom is 0.240 e. The van der Waals surface area contributed by atoms with Crippen molar-refractivity contribution in [2.24, 2.45) is 11.7 Å². The molecule has 3 unspecified atom stereocenters. The van der Waals surface area contributed by atoms with Crippen molar-refractivity contribution in [2.45, 2.75) is 55.5 Å². The van der Waals surface area contributed by atoms with E-state index in [0.29, 0.717) is 25.9 Å². The lowest BCUT2D eigenvalue weighted by Crippen LogP contribution is -2.51. The van der Waals surface area contributed by atoms with E-state index < -0.39 is 15.8 Å².